The van der Waals surface area contributed by atoms with E-state index < -0.39 is 10.0 Å². The summed E-state index contributed by atoms with van der Waals surface area (Å²) in [6, 6.07) is 1.95. The van der Waals surface area contributed by atoms with Crippen molar-refractivity contribution in [3.8, 4) is 0 Å². The molecule has 0 aliphatic rings. The van der Waals surface area contributed by atoms with Crippen LogP contribution >= 0.6 is 11.3 Å². The van der Waals surface area contributed by atoms with Crippen LogP contribution in [-0.2, 0) is 23.1 Å². The fraction of sp³-hybridized carbons (Fsp3) is 0.462. The van der Waals surface area contributed by atoms with Gasteiger partial charge in [-0.2, -0.15) is 5.10 Å². The van der Waals surface area contributed by atoms with Crippen LogP contribution in [-0.4, -0.2) is 24.7 Å². The number of nitrogens with zero attached hydrogens (tertiary/aromatic N) is 1. The lowest BCUT2D eigenvalue weighted by Gasteiger charge is -2.10. The maximum atomic E-state index is 12.4. The van der Waals surface area contributed by atoms with Crippen molar-refractivity contribution in [3.05, 3.63) is 33.8 Å². The van der Waals surface area contributed by atoms with Gasteiger partial charge in [0.2, 0.25) is 10.0 Å². The molecule has 0 aliphatic carbocycles. The molecule has 0 bridgehead atoms. The third kappa shape index (κ3) is 4.13. The van der Waals surface area contributed by atoms with E-state index >= 15 is 0 Å². The molecule has 2 heterocycles. The fourth-order valence-corrected chi connectivity index (χ4v) is 4.20. The highest BCUT2D eigenvalue weighted by molar-refractivity contribution is 7.89. The first-order valence-corrected chi connectivity index (χ1v) is 9.04. The number of sulfonamides is 1. The van der Waals surface area contributed by atoms with Crippen molar-refractivity contribution in [2.45, 2.75) is 44.8 Å². The Bertz CT molecular complexity index is 689. The number of aryl methyl sites for hydroxylation is 1. The largest absolute Gasteiger partial charge is 0.310 e. The summed E-state index contributed by atoms with van der Waals surface area (Å²) >= 11 is 1.44. The van der Waals surface area contributed by atoms with E-state index in [4.69, 9.17) is 0 Å². The van der Waals surface area contributed by atoms with Crippen LogP contribution < -0.4 is 10.0 Å². The van der Waals surface area contributed by atoms with Crippen LogP contribution in [0.15, 0.2) is 22.5 Å². The lowest BCUT2D eigenvalue weighted by Crippen LogP contribution is -2.26. The second kappa shape index (κ2) is 6.69. The van der Waals surface area contributed by atoms with Gasteiger partial charge in [0.25, 0.3) is 0 Å². The molecule has 8 heteroatoms. The van der Waals surface area contributed by atoms with E-state index in [1.807, 2.05) is 20.8 Å². The van der Waals surface area contributed by atoms with Gasteiger partial charge in [0.15, 0.2) is 0 Å². The van der Waals surface area contributed by atoms with Crippen molar-refractivity contribution in [2.24, 2.45) is 0 Å². The molecule has 0 saturated carbocycles. The third-order valence-corrected chi connectivity index (χ3v) is 5.59. The van der Waals surface area contributed by atoms with E-state index in [0.717, 1.165) is 16.1 Å². The Morgan fingerprint density at radius 3 is 2.76 bits per heavy atom. The Labute approximate surface area is 129 Å². The first-order valence-electron chi connectivity index (χ1n) is 6.68. The van der Waals surface area contributed by atoms with Crippen LogP contribution in [0.25, 0.3) is 0 Å². The van der Waals surface area contributed by atoms with E-state index in [9.17, 15) is 8.42 Å². The molecule has 0 aromatic carbocycles. The number of hydrogen-bond donors (Lipinski definition) is 3. The van der Waals surface area contributed by atoms with Crippen molar-refractivity contribution in [2.75, 3.05) is 0 Å². The second-order valence-electron chi connectivity index (χ2n) is 5.09. The molecule has 0 aliphatic heterocycles. The first kappa shape index (κ1) is 16.2. The molecule has 0 unspecified atom stereocenters. The normalized spacial score (nSPS) is 12.2. The molecule has 0 fully saturated rings. The van der Waals surface area contributed by atoms with Crippen LogP contribution in [0.2, 0.25) is 0 Å². The molecule has 0 amide bonds. The van der Waals surface area contributed by atoms with Crippen molar-refractivity contribution in [3.63, 3.8) is 0 Å². The molecule has 116 valence electrons. The van der Waals surface area contributed by atoms with Gasteiger partial charge in [0.1, 0.15) is 0 Å². The number of H-pyrrole nitrogens is 1. The quantitative estimate of drug-likeness (QED) is 0.723. The summed E-state index contributed by atoms with van der Waals surface area (Å²) in [4.78, 5) is 1.17. The molecule has 2 rings (SSSR count). The summed E-state index contributed by atoms with van der Waals surface area (Å²) < 4.78 is 27.4. The molecule has 3 N–H and O–H groups in total. The van der Waals surface area contributed by atoms with E-state index in [1.54, 1.807) is 17.6 Å². The molecule has 0 radical (unpaired) electrons. The predicted octanol–water partition coefficient (Wildman–Crippen LogP) is 1.76. The van der Waals surface area contributed by atoms with Gasteiger partial charge in [-0.1, -0.05) is 13.8 Å². The Morgan fingerprint density at radius 2 is 2.14 bits per heavy atom. The van der Waals surface area contributed by atoms with Crippen LogP contribution in [0, 0.1) is 6.92 Å². The van der Waals surface area contributed by atoms with E-state index in [2.05, 4.69) is 20.2 Å². The van der Waals surface area contributed by atoms with Gasteiger partial charge in [0.05, 0.1) is 11.1 Å². The first-order chi connectivity index (χ1) is 9.90. The Balaban J connectivity index is 2.09. The van der Waals surface area contributed by atoms with Gasteiger partial charge in [-0.25, -0.2) is 13.1 Å². The van der Waals surface area contributed by atoms with Crippen molar-refractivity contribution in [1.29, 1.82) is 0 Å². The third-order valence-electron chi connectivity index (χ3n) is 3.05. The van der Waals surface area contributed by atoms with Gasteiger partial charge in [0, 0.05) is 35.3 Å². The summed E-state index contributed by atoms with van der Waals surface area (Å²) in [5.41, 5.74) is 1.71. The zero-order valence-electron chi connectivity index (χ0n) is 12.3. The number of thiophene rings is 1. The number of aromatic nitrogens is 2. The van der Waals surface area contributed by atoms with Crippen LogP contribution in [0.1, 0.15) is 30.0 Å². The summed E-state index contributed by atoms with van der Waals surface area (Å²) in [7, 11) is -3.51. The van der Waals surface area contributed by atoms with Crippen molar-refractivity contribution >= 4 is 21.4 Å². The van der Waals surface area contributed by atoms with E-state index in [0.29, 0.717) is 17.5 Å². The van der Waals surface area contributed by atoms with Crippen LogP contribution in [0.5, 0.6) is 0 Å². The zero-order chi connectivity index (χ0) is 15.5. The van der Waals surface area contributed by atoms with Crippen molar-refractivity contribution < 1.29 is 8.42 Å². The van der Waals surface area contributed by atoms with Crippen LogP contribution in [0.3, 0.4) is 0 Å². The SMILES string of the molecule is Cc1[nH]ncc1CNS(=O)(=O)c1ccsc1CNC(C)C. The molecule has 6 nitrogen and oxygen atoms in total. The van der Waals surface area contributed by atoms with E-state index in [-0.39, 0.29) is 6.54 Å². The minimum absolute atomic E-state index is 0.234. The molecule has 0 saturated heterocycles. The smallest absolute Gasteiger partial charge is 0.242 e. The average molecular weight is 328 g/mol. The molecule has 21 heavy (non-hydrogen) atoms. The lowest BCUT2D eigenvalue weighted by atomic mass is 10.3. The molecule has 0 spiro atoms. The number of rotatable bonds is 7. The molecular weight excluding hydrogens is 308 g/mol. The number of nitrogens with one attached hydrogen (secondary N) is 3. The summed E-state index contributed by atoms with van der Waals surface area (Å²) in [5, 5.41) is 11.7. The zero-order valence-corrected chi connectivity index (χ0v) is 13.9. The predicted molar refractivity (Wildman–Crippen MR) is 83.6 cm³/mol. The highest BCUT2D eigenvalue weighted by atomic mass is 32.2. The minimum atomic E-state index is -3.51. The van der Waals surface area contributed by atoms with Gasteiger partial charge >= 0.3 is 0 Å². The second-order valence-corrected chi connectivity index (χ2v) is 7.82. The topological polar surface area (TPSA) is 86.9 Å². The van der Waals surface area contributed by atoms with Gasteiger partial charge in [-0.3, -0.25) is 5.10 Å². The standard InChI is InChI=1S/C13H20N4O2S2/c1-9(2)14-8-12-13(4-5-20-12)21(18,19)16-7-11-6-15-17-10(11)3/h4-6,9,14,16H,7-8H2,1-3H3,(H,15,17). The highest BCUT2D eigenvalue weighted by Gasteiger charge is 2.20. The molecule has 2 aromatic rings. The monoisotopic (exact) mass is 328 g/mol. The highest BCUT2D eigenvalue weighted by Crippen LogP contribution is 2.22. The maximum absolute atomic E-state index is 12.4. The summed E-state index contributed by atoms with van der Waals surface area (Å²) in [5.74, 6) is 0. The van der Waals surface area contributed by atoms with Crippen LogP contribution in [0.4, 0.5) is 0 Å². The number of aromatic amines is 1. The Hall–Kier alpha value is -1.22. The maximum Gasteiger partial charge on any atom is 0.242 e. The van der Waals surface area contributed by atoms with Gasteiger partial charge < -0.3 is 5.32 Å². The van der Waals surface area contributed by atoms with E-state index in [1.165, 1.54) is 11.3 Å². The number of hydrogen-bond acceptors (Lipinski definition) is 5. The summed E-state index contributed by atoms with van der Waals surface area (Å²) in [6.07, 6.45) is 1.63. The average Bonchev–Trinajstić information content (AvgIpc) is 3.03. The molecule has 2 aromatic heterocycles. The van der Waals surface area contributed by atoms with Gasteiger partial charge in [-0.15, -0.1) is 11.3 Å². The molecule has 0 atom stereocenters. The Kier molecular flexibility index (Phi) is 5.15. The Morgan fingerprint density at radius 1 is 1.38 bits per heavy atom. The van der Waals surface area contributed by atoms with Crippen molar-refractivity contribution in [1.82, 2.24) is 20.2 Å². The molecular formula is C13H20N4O2S2. The lowest BCUT2D eigenvalue weighted by molar-refractivity contribution is 0.571. The summed E-state index contributed by atoms with van der Waals surface area (Å²) in [6.45, 7) is 6.70. The van der Waals surface area contributed by atoms with Gasteiger partial charge in [-0.05, 0) is 18.4 Å². The minimum Gasteiger partial charge on any atom is -0.310 e. The fourth-order valence-electron chi connectivity index (χ4n) is 1.80.